The second kappa shape index (κ2) is 7.15. The molecule has 0 amide bonds. The highest BCUT2D eigenvalue weighted by Gasteiger charge is 2.41. The van der Waals surface area contributed by atoms with Crippen molar-refractivity contribution in [1.82, 2.24) is 4.98 Å². The molecule has 0 fully saturated rings. The van der Waals surface area contributed by atoms with Gasteiger partial charge in [0.15, 0.2) is 8.32 Å². The van der Waals surface area contributed by atoms with Crippen LogP contribution in [-0.4, -0.2) is 13.3 Å². The molecule has 0 saturated heterocycles. The van der Waals surface area contributed by atoms with Crippen LogP contribution in [-0.2, 0) is 4.43 Å². The van der Waals surface area contributed by atoms with E-state index >= 15 is 0 Å². The van der Waals surface area contributed by atoms with Gasteiger partial charge in [0.25, 0.3) is 0 Å². The Morgan fingerprint density at radius 1 is 1.22 bits per heavy atom. The highest BCUT2D eigenvalue weighted by atomic mass is 79.9. The Hall–Kier alpha value is -0.533. The van der Waals surface area contributed by atoms with Crippen LogP contribution in [0.5, 0.6) is 0 Å². The third-order valence-corrected chi connectivity index (χ3v) is 10.6. The topological polar surface area (TPSA) is 48.1 Å². The van der Waals surface area contributed by atoms with E-state index in [1.165, 1.54) is 0 Å². The monoisotopic (exact) mass is 412 g/mol. The number of halogens is 1. The first-order valence-corrected chi connectivity index (χ1v) is 12.3. The van der Waals surface area contributed by atoms with Gasteiger partial charge in [0, 0.05) is 5.38 Å². The van der Waals surface area contributed by atoms with Gasteiger partial charge in [-0.1, -0.05) is 51.1 Å². The molecule has 1 heterocycles. The Balaban J connectivity index is 2.37. The zero-order valence-corrected chi connectivity index (χ0v) is 17.7. The quantitative estimate of drug-likeness (QED) is 0.643. The number of aromatic nitrogens is 1. The maximum atomic E-state index is 6.68. The van der Waals surface area contributed by atoms with Crippen LogP contribution in [0.4, 0.5) is 0 Å². The fraction of sp³-hybridized carbons (Fsp3) is 0.471. The van der Waals surface area contributed by atoms with Crippen molar-refractivity contribution < 1.29 is 4.43 Å². The maximum Gasteiger partial charge on any atom is 0.193 e. The number of nitrogens with zero attached hydrogens (tertiary/aromatic N) is 1. The fourth-order valence-corrected chi connectivity index (χ4v) is 4.60. The predicted molar refractivity (Wildman–Crippen MR) is 104 cm³/mol. The van der Waals surface area contributed by atoms with Gasteiger partial charge in [-0.2, -0.15) is 0 Å². The van der Waals surface area contributed by atoms with Crippen LogP contribution in [0, 0.1) is 0 Å². The minimum atomic E-state index is -1.95. The predicted octanol–water partition coefficient (Wildman–Crippen LogP) is 5.67. The number of rotatable bonds is 5. The average molecular weight is 413 g/mol. The lowest BCUT2D eigenvalue weighted by atomic mass is 10.0. The van der Waals surface area contributed by atoms with Crippen molar-refractivity contribution in [2.24, 2.45) is 5.73 Å². The molecule has 2 atom stereocenters. The number of nitrogens with two attached hydrogens (primary N) is 1. The Morgan fingerprint density at radius 3 is 2.30 bits per heavy atom. The van der Waals surface area contributed by atoms with Crippen molar-refractivity contribution in [2.75, 3.05) is 0 Å². The van der Waals surface area contributed by atoms with Gasteiger partial charge < -0.3 is 10.2 Å². The zero-order chi connectivity index (χ0) is 17.3. The van der Waals surface area contributed by atoms with Gasteiger partial charge in [0.2, 0.25) is 0 Å². The normalized spacial score (nSPS) is 15.4. The molecule has 0 radical (unpaired) electrons. The zero-order valence-electron chi connectivity index (χ0n) is 14.3. The first-order valence-electron chi connectivity index (χ1n) is 7.71. The van der Waals surface area contributed by atoms with Crippen molar-refractivity contribution >= 4 is 35.6 Å². The van der Waals surface area contributed by atoms with Gasteiger partial charge in [-0.15, -0.1) is 11.3 Å². The third kappa shape index (κ3) is 4.51. The van der Waals surface area contributed by atoms with Crippen LogP contribution in [0.25, 0.3) is 0 Å². The summed E-state index contributed by atoms with van der Waals surface area (Å²) in [6.07, 6.45) is -0.185. The van der Waals surface area contributed by atoms with Crippen LogP contribution in [0.15, 0.2) is 40.3 Å². The molecular weight excluding hydrogens is 388 g/mol. The maximum absolute atomic E-state index is 6.68. The molecule has 2 N–H and O–H groups in total. The Labute approximate surface area is 152 Å². The van der Waals surface area contributed by atoms with Crippen molar-refractivity contribution in [3.8, 4) is 0 Å². The van der Waals surface area contributed by atoms with Crippen LogP contribution in [0.3, 0.4) is 0 Å². The number of hydrogen-bond donors (Lipinski definition) is 1. The molecule has 0 saturated carbocycles. The van der Waals surface area contributed by atoms with Crippen molar-refractivity contribution in [2.45, 2.75) is 51.0 Å². The van der Waals surface area contributed by atoms with Gasteiger partial charge in [0.1, 0.15) is 9.61 Å². The van der Waals surface area contributed by atoms with E-state index in [1.807, 2.05) is 23.6 Å². The summed E-state index contributed by atoms with van der Waals surface area (Å²) in [6, 6.07) is 9.96. The Morgan fingerprint density at radius 2 is 1.83 bits per heavy atom. The molecule has 0 unspecified atom stereocenters. The summed E-state index contributed by atoms with van der Waals surface area (Å²) in [5, 5.41) is 2.98. The van der Waals surface area contributed by atoms with Crippen LogP contribution in [0.2, 0.25) is 18.1 Å². The first kappa shape index (κ1) is 18.8. The molecule has 0 aliphatic rings. The molecular formula is C17H25BrN2OSSi. The molecule has 2 rings (SSSR count). The smallest absolute Gasteiger partial charge is 0.193 e. The van der Waals surface area contributed by atoms with Gasteiger partial charge in [-0.05, 0) is 39.6 Å². The molecule has 6 heteroatoms. The minimum absolute atomic E-state index is 0.128. The van der Waals surface area contributed by atoms with Crippen LogP contribution < -0.4 is 5.73 Å². The SMILES string of the molecule is CC(C)(C)[Si](C)(C)O[C@@H](c1ccccc1)[C@H](N)c1nc(Br)cs1. The first-order chi connectivity index (χ1) is 10.6. The van der Waals surface area contributed by atoms with Crippen molar-refractivity contribution in [1.29, 1.82) is 0 Å². The molecule has 0 aliphatic heterocycles. The van der Waals surface area contributed by atoms with E-state index in [2.05, 4.69) is 66.9 Å². The lowest BCUT2D eigenvalue weighted by molar-refractivity contribution is 0.154. The summed E-state index contributed by atoms with van der Waals surface area (Å²) in [5.41, 5.74) is 7.67. The van der Waals surface area contributed by atoms with Crippen molar-refractivity contribution in [3.63, 3.8) is 0 Å². The molecule has 126 valence electrons. The Kier molecular flexibility index (Phi) is 5.84. The highest BCUT2D eigenvalue weighted by Crippen LogP contribution is 2.43. The Bertz CT molecular complexity index is 640. The van der Waals surface area contributed by atoms with E-state index in [0.717, 1.165) is 15.2 Å². The highest BCUT2D eigenvalue weighted by molar-refractivity contribution is 9.10. The van der Waals surface area contributed by atoms with Gasteiger partial charge >= 0.3 is 0 Å². The second-order valence-corrected chi connectivity index (χ2v) is 13.7. The van der Waals surface area contributed by atoms with E-state index in [9.17, 15) is 0 Å². The van der Waals surface area contributed by atoms with Gasteiger partial charge in [0.05, 0.1) is 12.1 Å². The average Bonchev–Trinajstić information content (AvgIpc) is 2.90. The molecule has 0 spiro atoms. The molecule has 3 nitrogen and oxygen atoms in total. The molecule has 0 bridgehead atoms. The van der Waals surface area contributed by atoms with E-state index in [1.54, 1.807) is 11.3 Å². The second-order valence-electron chi connectivity index (χ2n) is 7.24. The summed E-state index contributed by atoms with van der Waals surface area (Å²) >= 11 is 4.98. The fourth-order valence-electron chi connectivity index (χ4n) is 2.04. The summed E-state index contributed by atoms with van der Waals surface area (Å²) < 4.78 is 7.51. The number of hydrogen-bond acceptors (Lipinski definition) is 4. The summed E-state index contributed by atoms with van der Waals surface area (Å²) in [4.78, 5) is 4.49. The van der Waals surface area contributed by atoms with Crippen molar-refractivity contribution in [3.05, 3.63) is 50.9 Å². The largest absolute Gasteiger partial charge is 0.408 e. The summed E-state index contributed by atoms with van der Waals surface area (Å²) in [7, 11) is -1.95. The van der Waals surface area contributed by atoms with Crippen LogP contribution >= 0.6 is 27.3 Å². The molecule has 2 aromatic rings. The molecule has 23 heavy (non-hydrogen) atoms. The third-order valence-electron chi connectivity index (χ3n) is 4.46. The van der Waals surface area contributed by atoms with Crippen LogP contribution in [0.1, 0.15) is 43.5 Å². The van der Waals surface area contributed by atoms with Gasteiger partial charge in [-0.25, -0.2) is 4.98 Å². The molecule has 1 aromatic carbocycles. The lowest BCUT2D eigenvalue weighted by Gasteiger charge is -2.40. The van der Waals surface area contributed by atoms with E-state index in [4.69, 9.17) is 10.2 Å². The van der Waals surface area contributed by atoms with E-state index in [0.29, 0.717) is 0 Å². The van der Waals surface area contributed by atoms with Gasteiger partial charge in [-0.3, -0.25) is 0 Å². The molecule has 1 aromatic heterocycles. The minimum Gasteiger partial charge on any atom is -0.408 e. The molecule has 0 aliphatic carbocycles. The summed E-state index contributed by atoms with van der Waals surface area (Å²) in [6.45, 7) is 11.2. The standard InChI is InChI=1S/C17H25BrN2OSSi/c1-17(2,3)23(4,5)21-15(12-9-7-6-8-10-12)14(19)16-20-13(18)11-22-16/h6-11,14-15H,19H2,1-5H3/t14-,15-/m0/s1. The van der Waals surface area contributed by atoms with E-state index in [-0.39, 0.29) is 17.2 Å². The number of thiazole rings is 1. The number of benzene rings is 1. The lowest BCUT2D eigenvalue weighted by Crippen LogP contribution is -2.43. The summed E-state index contributed by atoms with van der Waals surface area (Å²) in [5.74, 6) is 0. The van der Waals surface area contributed by atoms with E-state index < -0.39 is 8.32 Å².